The summed E-state index contributed by atoms with van der Waals surface area (Å²) in [6.07, 6.45) is 6.53. The summed E-state index contributed by atoms with van der Waals surface area (Å²) in [5.41, 5.74) is 1.19. The van der Waals surface area contributed by atoms with E-state index in [-0.39, 0.29) is 5.88 Å². The van der Waals surface area contributed by atoms with Crippen LogP contribution in [-0.2, 0) is 0 Å². The molecule has 1 N–H and O–H groups in total. The van der Waals surface area contributed by atoms with Gasteiger partial charge in [-0.05, 0) is 42.5 Å². The summed E-state index contributed by atoms with van der Waals surface area (Å²) in [6.45, 7) is 0. The minimum Gasteiger partial charge on any atom is -0.436 e. The molecule has 0 aliphatic heterocycles. The first-order valence-electron chi connectivity index (χ1n) is 7.97. The molecule has 27 heavy (non-hydrogen) atoms. The van der Waals surface area contributed by atoms with Crippen molar-refractivity contribution in [1.29, 1.82) is 0 Å². The van der Waals surface area contributed by atoms with Crippen LogP contribution in [-0.4, -0.2) is 15.0 Å². The Morgan fingerprint density at radius 2 is 2.04 bits per heavy atom. The van der Waals surface area contributed by atoms with Gasteiger partial charge in [0.15, 0.2) is 5.82 Å². The first kappa shape index (κ1) is 16.5. The number of rotatable bonds is 5. The topological polar surface area (TPSA) is 93.3 Å². The highest BCUT2D eigenvalue weighted by Gasteiger charge is 2.08. The molecule has 7 nitrogen and oxygen atoms in total. The molecule has 4 rings (SSSR count). The quantitative estimate of drug-likeness (QED) is 0.499. The van der Waals surface area contributed by atoms with Crippen LogP contribution in [0.2, 0.25) is 0 Å². The van der Waals surface area contributed by atoms with Gasteiger partial charge in [-0.1, -0.05) is 0 Å². The maximum atomic E-state index is 13.7. The summed E-state index contributed by atoms with van der Waals surface area (Å²) in [5.74, 6) is 0.874. The van der Waals surface area contributed by atoms with Gasteiger partial charge in [-0.15, -0.1) is 4.91 Å². The van der Waals surface area contributed by atoms with Crippen molar-refractivity contribution in [2.75, 3.05) is 5.32 Å². The summed E-state index contributed by atoms with van der Waals surface area (Å²) >= 11 is 0. The Morgan fingerprint density at radius 3 is 2.81 bits per heavy atom. The van der Waals surface area contributed by atoms with Gasteiger partial charge < -0.3 is 9.73 Å². The molecule has 1 aromatic carbocycles. The molecule has 132 valence electrons. The zero-order chi connectivity index (χ0) is 18.6. The second kappa shape index (κ2) is 7.12. The molecule has 0 amide bonds. The lowest BCUT2D eigenvalue weighted by Crippen LogP contribution is -1.99. The van der Waals surface area contributed by atoms with Crippen LogP contribution >= 0.6 is 0 Å². The molecule has 3 heterocycles. The van der Waals surface area contributed by atoms with Crippen molar-refractivity contribution in [1.82, 2.24) is 15.0 Å². The van der Waals surface area contributed by atoms with Crippen LogP contribution in [0.15, 0.2) is 64.5 Å². The number of hydrogen-bond donors (Lipinski definition) is 1. The lowest BCUT2D eigenvalue weighted by atomic mass is 10.2. The highest BCUT2D eigenvalue weighted by molar-refractivity contribution is 5.91. The number of nitrogens with one attached hydrogen (secondary N) is 1. The Balaban J connectivity index is 1.75. The Labute approximate surface area is 152 Å². The third-order valence-electron chi connectivity index (χ3n) is 3.70. The third-order valence-corrected chi connectivity index (χ3v) is 3.70. The number of nitroso groups, excluding NO2 is 1. The van der Waals surface area contributed by atoms with Crippen molar-refractivity contribution in [2.24, 2.45) is 5.18 Å². The maximum absolute atomic E-state index is 13.7. The molecule has 4 aromatic rings. The largest absolute Gasteiger partial charge is 0.436 e. The number of aromatic nitrogens is 3. The zero-order valence-electron chi connectivity index (χ0n) is 13.8. The number of anilines is 2. The Bertz CT molecular complexity index is 1140. The van der Waals surface area contributed by atoms with Crippen LogP contribution in [0.4, 0.5) is 21.8 Å². The van der Waals surface area contributed by atoms with Gasteiger partial charge in [-0.3, -0.25) is 4.98 Å². The van der Waals surface area contributed by atoms with Crippen molar-refractivity contribution >= 4 is 40.4 Å². The van der Waals surface area contributed by atoms with Crippen LogP contribution in [0.3, 0.4) is 0 Å². The van der Waals surface area contributed by atoms with Crippen molar-refractivity contribution in [2.45, 2.75) is 0 Å². The van der Waals surface area contributed by atoms with Crippen molar-refractivity contribution < 1.29 is 8.81 Å². The van der Waals surface area contributed by atoms with Crippen LogP contribution in [0.5, 0.6) is 0 Å². The molecule has 0 radical (unpaired) electrons. The summed E-state index contributed by atoms with van der Waals surface area (Å²) in [4.78, 5) is 23.3. The maximum Gasteiger partial charge on any atom is 0.260 e. The van der Waals surface area contributed by atoms with E-state index in [4.69, 9.17) is 4.42 Å². The fourth-order valence-electron chi connectivity index (χ4n) is 2.50. The highest BCUT2D eigenvalue weighted by atomic mass is 19.1. The lowest BCUT2D eigenvalue weighted by molar-refractivity contribution is 0.567. The smallest absolute Gasteiger partial charge is 0.260 e. The molecule has 0 aliphatic carbocycles. The van der Waals surface area contributed by atoms with Crippen LogP contribution in [0.25, 0.3) is 23.1 Å². The molecule has 0 unspecified atom stereocenters. The standard InChI is InChI=1S/C19H12FN5O2/c20-12-3-6-15-16(10-12)23-17(7-4-14-5-8-18(25-26)27-14)24-19(15)22-13-2-1-9-21-11-13/h1-11H,(H,22,23,24)/b7-4+. The molecule has 0 saturated carbocycles. The average Bonchev–Trinajstić information content (AvgIpc) is 3.15. The zero-order valence-corrected chi connectivity index (χ0v) is 13.8. The van der Waals surface area contributed by atoms with Crippen LogP contribution in [0, 0.1) is 10.7 Å². The molecule has 3 aromatic heterocycles. The number of benzene rings is 1. The van der Waals surface area contributed by atoms with E-state index in [1.807, 2.05) is 6.07 Å². The van der Waals surface area contributed by atoms with E-state index in [9.17, 15) is 9.30 Å². The van der Waals surface area contributed by atoms with E-state index < -0.39 is 5.82 Å². The summed E-state index contributed by atoms with van der Waals surface area (Å²) < 4.78 is 18.8. The molecular formula is C19H12FN5O2. The number of halogens is 1. The van der Waals surface area contributed by atoms with Gasteiger partial charge >= 0.3 is 0 Å². The van der Waals surface area contributed by atoms with E-state index in [0.717, 1.165) is 5.69 Å². The van der Waals surface area contributed by atoms with Gasteiger partial charge in [-0.2, -0.15) is 0 Å². The average molecular weight is 361 g/mol. The first-order chi connectivity index (χ1) is 13.2. The fraction of sp³-hybridized carbons (Fsp3) is 0. The van der Waals surface area contributed by atoms with E-state index in [1.165, 1.54) is 18.2 Å². The van der Waals surface area contributed by atoms with Gasteiger partial charge in [0, 0.05) is 28.9 Å². The predicted octanol–water partition coefficient (Wildman–Crippen LogP) is 5.07. The van der Waals surface area contributed by atoms with Crippen LogP contribution in [0.1, 0.15) is 11.6 Å². The van der Waals surface area contributed by atoms with E-state index >= 15 is 0 Å². The van der Waals surface area contributed by atoms with Crippen molar-refractivity contribution in [3.63, 3.8) is 0 Å². The van der Waals surface area contributed by atoms with Gasteiger partial charge in [0.05, 0.1) is 17.4 Å². The number of nitrogens with zero attached hydrogens (tertiary/aromatic N) is 4. The fourth-order valence-corrected chi connectivity index (χ4v) is 2.50. The number of hydrogen-bond acceptors (Lipinski definition) is 7. The second-order valence-electron chi connectivity index (χ2n) is 5.56. The number of fused-ring (bicyclic) bond motifs is 1. The normalized spacial score (nSPS) is 11.1. The van der Waals surface area contributed by atoms with Crippen LogP contribution < -0.4 is 5.32 Å². The molecule has 0 aliphatic rings. The van der Waals surface area contributed by atoms with Gasteiger partial charge in [-0.25, -0.2) is 14.4 Å². The molecular weight excluding hydrogens is 349 g/mol. The SMILES string of the molecule is O=Nc1ccc(/C=C/c2nc(Nc3cccnc3)c3ccc(F)cc3n2)o1. The lowest BCUT2D eigenvalue weighted by Gasteiger charge is -2.09. The molecule has 0 fully saturated rings. The summed E-state index contributed by atoms with van der Waals surface area (Å²) in [7, 11) is 0. The molecule has 8 heteroatoms. The van der Waals surface area contributed by atoms with Crippen molar-refractivity contribution in [3.05, 3.63) is 77.2 Å². The van der Waals surface area contributed by atoms with Gasteiger partial charge in [0.1, 0.15) is 17.4 Å². The molecule has 0 bridgehead atoms. The monoisotopic (exact) mass is 361 g/mol. The number of furan rings is 1. The van der Waals surface area contributed by atoms with Crippen molar-refractivity contribution in [3.8, 4) is 0 Å². The Kier molecular flexibility index (Phi) is 4.36. The highest BCUT2D eigenvalue weighted by Crippen LogP contribution is 2.25. The van der Waals surface area contributed by atoms with Gasteiger partial charge in [0.25, 0.3) is 5.88 Å². The molecule has 0 saturated heterocycles. The number of pyridine rings is 1. The Morgan fingerprint density at radius 1 is 1.11 bits per heavy atom. The summed E-state index contributed by atoms with van der Waals surface area (Å²) in [5, 5.41) is 6.56. The third kappa shape index (κ3) is 3.69. The van der Waals surface area contributed by atoms with E-state index in [1.54, 1.807) is 42.7 Å². The molecule has 0 atom stereocenters. The minimum absolute atomic E-state index is 0.0184. The first-order valence-corrected chi connectivity index (χ1v) is 7.97. The minimum atomic E-state index is -0.392. The summed E-state index contributed by atoms with van der Waals surface area (Å²) in [6, 6.07) is 11.0. The van der Waals surface area contributed by atoms with E-state index in [2.05, 4.69) is 25.4 Å². The predicted molar refractivity (Wildman–Crippen MR) is 100 cm³/mol. The second-order valence-corrected chi connectivity index (χ2v) is 5.56. The van der Waals surface area contributed by atoms with Gasteiger partial charge in [0.2, 0.25) is 0 Å². The Hall–Kier alpha value is -3.94. The molecule has 0 spiro atoms. The van der Waals surface area contributed by atoms with E-state index in [0.29, 0.717) is 28.3 Å².